The fourth-order valence-corrected chi connectivity index (χ4v) is 3.30. The van der Waals surface area contributed by atoms with Crippen molar-refractivity contribution in [1.29, 1.82) is 0 Å². The van der Waals surface area contributed by atoms with E-state index in [0.717, 1.165) is 6.42 Å². The third-order valence-electron chi connectivity index (χ3n) is 2.79. The van der Waals surface area contributed by atoms with E-state index < -0.39 is 10.0 Å². The summed E-state index contributed by atoms with van der Waals surface area (Å²) >= 11 is 0. The second-order valence-electron chi connectivity index (χ2n) is 4.98. The van der Waals surface area contributed by atoms with Crippen molar-refractivity contribution >= 4 is 15.7 Å². The lowest BCUT2D eigenvalue weighted by Gasteiger charge is -2.20. The van der Waals surface area contributed by atoms with Gasteiger partial charge in [0.05, 0.1) is 12.3 Å². The van der Waals surface area contributed by atoms with Crippen molar-refractivity contribution in [1.82, 2.24) is 4.72 Å². The lowest BCUT2D eigenvalue weighted by Crippen LogP contribution is -2.32. The van der Waals surface area contributed by atoms with E-state index in [1.165, 1.54) is 0 Å². The molecule has 0 fully saturated rings. The van der Waals surface area contributed by atoms with Gasteiger partial charge >= 0.3 is 0 Å². The summed E-state index contributed by atoms with van der Waals surface area (Å²) in [5, 5.41) is 3.23. The Morgan fingerprint density at radius 1 is 1.25 bits per heavy atom. The van der Waals surface area contributed by atoms with Crippen LogP contribution in [0.3, 0.4) is 0 Å². The Hall–Kier alpha value is -1.11. The normalized spacial score (nSPS) is 13.4. The van der Waals surface area contributed by atoms with Crippen LogP contribution in [-0.2, 0) is 14.8 Å². The van der Waals surface area contributed by atoms with Crippen LogP contribution in [-0.4, -0.2) is 34.2 Å². The average Bonchev–Trinajstić information content (AvgIpc) is 2.37. The van der Waals surface area contributed by atoms with E-state index in [2.05, 4.69) is 10.0 Å². The Labute approximate surface area is 121 Å². The minimum absolute atomic E-state index is 0.0791. The zero-order chi connectivity index (χ0) is 15.2. The molecule has 2 N–H and O–H groups in total. The van der Waals surface area contributed by atoms with E-state index in [9.17, 15) is 8.42 Å². The summed E-state index contributed by atoms with van der Waals surface area (Å²) in [6, 6.07) is 6.84. The van der Waals surface area contributed by atoms with Gasteiger partial charge in [0.1, 0.15) is 4.90 Å². The van der Waals surface area contributed by atoms with E-state index >= 15 is 0 Å². The van der Waals surface area contributed by atoms with Crippen LogP contribution in [0.4, 0.5) is 5.69 Å². The van der Waals surface area contributed by atoms with Crippen LogP contribution in [0.1, 0.15) is 27.2 Å². The molecule has 0 aromatic heterocycles. The third-order valence-corrected chi connectivity index (χ3v) is 4.50. The number of nitrogens with one attached hydrogen (secondary N) is 2. The van der Waals surface area contributed by atoms with Gasteiger partial charge in [-0.15, -0.1) is 0 Å². The first kappa shape index (κ1) is 16.9. The van der Waals surface area contributed by atoms with E-state index in [4.69, 9.17) is 4.74 Å². The minimum Gasteiger partial charge on any atom is -0.383 e. The Balaban J connectivity index is 3.04. The molecule has 1 aromatic rings. The number of hydrogen-bond donors (Lipinski definition) is 2. The highest BCUT2D eigenvalue weighted by Crippen LogP contribution is 2.22. The van der Waals surface area contributed by atoms with Crippen molar-refractivity contribution in [2.24, 2.45) is 0 Å². The van der Waals surface area contributed by atoms with Crippen molar-refractivity contribution < 1.29 is 13.2 Å². The van der Waals surface area contributed by atoms with E-state index in [-0.39, 0.29) is 17.0 Å². The molecule has 1 unspecified atom stereocenters. The molecule has 114 valence electrons. The molecule has 0 aliphatic heterocycles. The Bertz CT molecular complexity index is 515. The number of hydrogen-bond acceptors (Lipinski definition) is 4. The molecule has 0 amide bonds. The van der Waals surface area contributed by atoms with Gasteiger partial charge in [0, 0.05) is 19.2 Å². The molecule has 6 heteroatoms. The summed E-state index contributed by atoms with van der Waals surface area (Å²) in [4.78, 5) is 0.267. The maximum atomic E-state index is 12.3. The standard InChI is InChI=1S/C14H24N2O3S/c1-5-12(10-19-4)15-13-8-6-7-9-14(13)20(17,18)16-11(2)3/h6-9,11-12,15-16H,5,10H2,1-4H3. The van der Waals surface area contributed by atoms with Gasteiger partial charge in [-0.2, -0.15) is 0 Å². The second-order valence-corrected chi connectivity index (χ2v) is 6.66. The number of para-hydroxylation sites is 1. The molecule has 1 atom stereocenters. The highest BCUT2D eigenvalue weighted by atomic mass is 32.2. The van der Waals surface area contributed by atoms with Crippen molar-refractivity contribution in [3.05, 3.63) is 24.3 Å². The third kappa shape index (κ3) is 4.77. The number of rotatable bonds is 8. The van der Waals surface area contributed by atoms with Crippen LogP contribution in [0.2, 0.25) is 0 Å². The first-order chi connectivity index (χ1) is 9.40. The summed E-state index contributed by atoms with van der Waals surface area (Å²) in [6.07, 6.45) is 0.847. The van der Waals surface area contributed by atoms with Gasteiger partial charge in [-0.1, -0.05) is 19.1 Å². The quantitative estimate of drug-likeness (QED) is 0.772. The zero-order valence-corrected chi connectivity index (χ0v) is 13.3. The molecule has 1 rings (SSSR count). The molecular weight excluding hydrogens is 276 g/mol. The van der Waals surface area contributed by atoms with Crippen LogP contribution in [0.15, 0.2) is 29.2 Å². The molecule has 0 saturated carbocycles. The molecule has 0 bridgehead atoms. The molecule has 0 aliphatic rings. The minimum atomic E-state index is -3.51. The molecule has 1 aromatic carbocycles. The highest BCUT2D eigenvalue weighted by molar-refractivity contribution is 7.89. The lowest BCUT2D eigenvalue weighted by molar-refractivity contribution is 0.184. The summed E-state index contributed by atoms with van der Waals surface area (Å²) in [5.74, 6) is 0. The zero-order valence-electron chi connectivity index (χ0n) is 12.5. The Kier molecular flexibility index (Phi) is 6.45. The summed E-state index contributed by atoms with van der Waals surface area (Å²) < 4.78 is 32.3. The van der Waals surface area contributed by atoms with Gasteiger partial charge in [-0.3, -0.25) is 0 Å². The Morgan fingerprint density at radius 2 is 1.90 bits per heavy atom. The lowest BCUT2D eigenvalue weighted by atomic mass is 10.2. The molecular formula is C14H24N2O3S. The molecule has 20 heavy (non-hydrogen) atoms. The first-order valence-electron chi connectivity index (χ1n) is 6.77. The maximum Gasteiger partial charge on any atom is 0.242 e. The average molecular weight is 300 g/mol. The predicted molar refractivity (Wildman–Crippen MR) is 81.5 cm³/mol. The van der Waals surface area contributed by atoms with Crippen molar-refractivity contribution in [3.63, 3.8) is 0 Å². The number of ether oxygens (including phenoxy) is 1. The fraction of sp³-hybridized carbons (Fsp3) is 0.571. The predicted octanol–water partition coefficient (Wildman–Crippen LogP) is 2.21. The van der Waals surface area contributed by atoms with Crippen LogP contribution in [0.25, 0.3) is 0 Å². The highest BCUT2D eigenvalue weighted by Gasteiger charge is 2.20. The molecule has 0 aliphatic carbocycles. The van der Waals surface area contributed by atoms with Gasteiger partial charge in [0.25, 0.3) is 0 Å². The van der Waals surface area contributed by atoms with E-state index in [1.807, 2.05) is 13.0 Å². The monoisotopic (exact) mass is 300 g/mol. The second kappa shape index (κ2) is 7.61. The molecule has 0 heterocycles. The summed E-state index contributed by atoms with van der Waals surface area (Å²) in [6.45, 7) is 6.16. The number of sulfonamides is 1. The van der Waals surface area contributed by atoms with Crippen molar-refractivity contribution in [2.45, 2.75) is 44.2 Å². The van der Waals surface area contributed by atoms with E-state index in [0.29, 0.717) is 12.3 Å². The topological polar surface area (TPSA) is 67.4 Å². The number of methoxy groups -OCH3 is 1. The maximum absolute atomic E-state index is 12.3. The van der Waals surface area contributed by atoms with Crippen LogP contribution in [0.5, 0.6) is 0 Å². The van der Waals surface area contributed by atoms with Gasteiger partial charge in [-0.25, -0.2) is 13.1 Å². The Morgan fingerprint density at radius 3 is 2.45 bits per heavy atom. The SMILES string of the molecule is CCC(COC)Nc1ccccc1S(=O)(=O)NC(C)C. The van der Waals surface area contributed by atoms with Crippen molar-refractivity contribution in [3.8, 4) is 0 Å². The van der Waals surface area contributed by atoms with Crippen LogP contribution in [0, 0.1) is 0 Å². The van der Waals surface area contributed by atoms with Gasteiger partial charge in [-0.05, 0) is 32.4 Å². The first-order valence-corrected chi connectivity index (χ1v) is 8.25. The smallest absolute Gasteiger partial charge is 0.242 e. The van der Waals surface area contributed by atoms with E-state index in [1.54, 1.807) is 39.2 Å². The van der Waals surface area contributed by atoms with Crippen LogP contribution < -0.4 is 10.0 Å². The van der Waals surface area contributed by atoms with Gasteiger partial charge < -0.3 is 10.1 Å². The van der Waals surface area contributed by atoms with Gasteiger partial charge in [0.2, 0.25) is 10.0 Å². The molecule has 5 nitrogen and oxygen atoms in total. The summed E-state index contributed by atoms with van der Waals surface area (Å²) in [5.41, 5.74) is 0.601. The van der Waals surface area contributed by atoms with Gasteiger partial charge in [0.15, 0.2) is 0 Å². The van der Waals surface area contributed by atoms with Crippen molar-refractivity contribution in [2.75, 3.05) is 19.0 Å². The largest absolute Gasteiger partial charge is 0.383 e. The fourth-order valence-electron chi connectivity index (χ4n) is 1.88. The molecule has 0 spiro atoms. The molecule has 0 saturated heterocycles. The number of benzene rings is 1. The molecule has 0 radical (unpaired) electrons. The summed E-state index contributed by atoms with van der Waals surface area (Å²) in [7, 11) is -1.88. The number of anilines is 1. The van der Waals surface area contributed by atoms with Crippen LogP contribution >= 0.6 is 0 Å².